The molecule has 0 saturated carbocycles. The van der Waals surface area contributed by atoms with Gasteiger partial charge >= 0.3 is 0 Å². The fourth-order valence-corrected chi connectivity index (χ4v) is 2.40. The highest BCUT2D eigenvalue weighted by atomic mass is 19.1. The number of nitrogens with zero attached hydrogens (tertiary/aromatic N) is 1. The SMILES string of the molecule is C[C@@]12CCCN1CC(F)C2. The van der Waals surface area contributed by atoms with Crippen LogP contribution >= 0.6 is 0 Å². The van der Waals surface area contributed by atoms with Crippen LogP contribution in [0, 0.1) is 0 Å². The van der Waals surface area contributed by atoms with Crippen LogP contribution in [0.3, 0.4) is 0 Å². The van der Waals surface area contributed by atoms with Crippen LogP contribution in [0.25, 0.3) is 0 Å². The van der Waals surface area contributed by atoms with Crippen molar-refractivity contribution in [2.24, 2.45) is 0 Å². The Balaban J connectivity index is 2.15. The van der Waals surface area contributed by atoms with Crippen LogP contribution in [0.2, 0.25) is 0 Å². The molecule has 0 spiro atoms. The van der Waals surface area contributed by atoms with E-state index in [2.05, 4.69) is 11.8 Å². The summed E-state index contributed by atoms with van der Waals surface area (Å²) in [7, 11) is 0. The minimum atomic E-state index is -0.551. The van der Waals surface area contributed by atoms with E-state index in [1.54, 1.807) is 0 Å². The zero-order valence-corrected chi connectivity index (χ0v) is 6.44. The third kappa shape index (κ3) is 0.782. The van der Waals surface area contributed by atoms with Crippen LogP contribution in [0.4, 0.5) is 4.39 Å². The highest BCUT2D eigenvalue weighted by molar-refractivity contribution is 5.00. The van der Waals surface area contributed by atoms with Crippen molar-refractivity contribution in [1.82, 2.24) is 4.90 Å². The van der Waals surface area contributed by atoms with Gasteiger partial charge in [-0.05, 0) is 32.7 Å². The summed E-state index contributed by atoms with van der Waals surface area (Å²) < 4.78 is 12.8. The lowest BCUT2D eigenvalue weighted by Crippen LogP contribution is -2.34. The van der Waals surface area contributed by atoms with Gasteiger partial charge < -0.3 is 0 Å². The summed E-state index contributed by atoms with van der Waals surface area (Å²) in [5.74, 6) is 0. The third-order valence-electron chi connectivity index (χ3n) is 2.99. The Bertz CT molecular complexity index is 148. The van der Waals surface area contributed by atoms with Gasteiger partial charge in [0.05, 0.1) is 0 Å². The molecule has 0 aromatic carbocycles. The van der Waals surface area contributed by atoms with Crippen LogP contribution in [0.1, 0.15) is 26.2 Å². The summed E-state index contributed by atoms with van der Waals surface area (Å²) in [6, 6.07) is 0. The lowest BCUT2D eigenvalue weighted by atomic mass is 9.97. The minimum absolute atomic E-state index is 0.236. The van der Waals surface area contributed by atoms with E-state index in [1.165, 1.54) is 12.8 Å². The number of halogens is 1. The zero-order chi connectivity index (χ0) is 7.19. The molecule has 2 aliphatic rings. The van der Waals surface area contributed by atoms with E-state index < -0.39 is 6.17 Å². The standard InChI is InChI=1S/C8H14FN/c1-8-3-2-4-10(8)6-7(9)5-8/h7H,2-6H2,1H3/t7?,8-/m0/s1. The Hall–Kier alpha value is -0.110. The van der Waals surface area contributed by atoms with Crippen molar-refractivity contribution < 1.29 is 4.39 Å². The maximum Gasteiger partial charge on any atom is 0.115 e. The van der Waals surface area contributed by atoms with E-state index in [9.17, 15) is 4.39 Å². The molecular formula is C8H14FN. The highest BCUT2D eigenvalue weighted by Crippen LogP contribution is 2.39. The summed E-state index contributed by atoms with van der Waals surface area (Å²) in [5, 5.41) is 0. The lowest BCUT2D eigenvalue weighted by molar-refractivity contribution is 0.217. The fraction of sp³-hybridized carbons (Fsp3) is 1.00. The topological polar surface area (TPSA) is 3.24 Å². The number of hydrogen-bond acceptors (Lipinski definition) is 1. The van der Waals surface area contributed by atoms with Crippen LogP contribution in [0.5, 0.6) is 0 Å². The minimum Gasteiger partial charge on any atom is -0.295 e. The van der Waals surface area contributed by atoms with E-state index in [4.69, 9.17) is 0 Å². The molecule has 1 nitrogen and oxygen atoms in total. The first-order valence-corrected chi connectivity index (χ1v) is 4.10. The molecule has 0 bridgehead atoms. The van der Waals surface area contributed by atoms with E-state index in [0.717, 1.165) is 13.0 Å². The first-order valence-electron chi connectivity index (χ1n) is 4.10. The Morgan fingerprint density at radius 2 is 2.40 bits per heavy atom. The van der Waals surface area contributed by atoms with Gasteiger partial charge in [0, 0.05) is 12.1 Å². The van der Waals surface area contributed by atoms with Gasteiger partial charge in [-0.2, -0.15) is 0 Å². The maximum absolute atomic E-state index is 12.8. The van der Waals surface area contributed by atoms with E-state index in [-0.39, 0.29) is 5.54 Å². The molecule has 0 aromatic rings. The second kappa shape index (κ2) is 1.94. The lowest BCUT2D eigenvalue weighted by Gasteiger charge is -2.25. The smallest absolute Gasteiger partial charge is 0.115 e. The van der Waals surface area contributed by atoms with E-state index in [1.807, 2.05) is 0 Å². The predicted octanol–water partition coefficient (Wildman–Crippen LogP) is 1.58. The Morgan fingerprint density at radius 3 is 3.10 bits per heavy atom. The normalized spacial score (nSPS) is 48.0. The molecule has 10 heavy (non-hydrogen) atoms. The average Bonchev–Trinajstić information content (AvgIpc) is 2.20. The van der Waals surface area contributed by atoms with Gasteiger partial charge in [0.2, 0.25) is 0 Å². The summed E-state index contributed by atoms with van der Waals surface area (Å²) >= 11 is 0. The quantitative estimate of drug-likeness (QED) is 0.497. The van der Waals surface area contributed by atoms with Gasteiger partial charge in [0.25, 0.3) is 0 Å². The molecule has 2 fully saturated rings. The van der Waals surface area contributed by atoms with Gasteiger partial charge in [0.1, 0.15) is 6.17 Å². The van der Waals surface area contributed by atoms with Gasteiger partial charge in [-0.15, -0.1) is 0 Å². The van der Waals surface area contributed by atoms with Crippen LogP contribution in [-0.4, -0.2) is 29.7 Å². The first kappa shape index (κ1) is 6.59. The van der Waals surface area contributed by atoms with Crippen molar-refractivity contribution in [3.05, 3.63) is 0 Å². The Morgan fingerprint density at radius 1 is 1.60 bits per heavy atom. The zero-order valence-electron chi connectivity index (χ0n) is 6.44. The van der Waals surface area contributed by atoms with E-state index >= 15 is 0 Å². The Kier molecular flexibility index (Phi) is 1.28. The van der Waals surface area contributed by atoms with Gasteiger partial charge in [-0.1, -0.05) is 0 Å². The fourth-order valence-electron chi connectivity index (χ4n) is 2.40. The molecule has 2 atom stereocenters. The van der Waals surface area contributed by atoms with Crippen molar-refractivity contribution >= 4 is 0 Å². The number of hydrogen-bond donors (Lipinski definition) is 0. The van der Waals surface area contributed by atoms with Gasteiger partial charge in [-0.3, -0.25) is 4.90 Å². The molecule has 1 unspecified atom stereocenters. The number of alkyl halides is 1. The summed E-state index contributed by atoms with van der Waals surface area (Å²) in [4.78, 5) is 2.30. The molecule has 2 rings (SSSR count). The molecule has 2 saturated heterocycles. The molecular weight excluding hydrogens is 129 g/mol. The number of rotatable bonds is 0. The molecule has 0 aromatic heterocycles. The van der Waals surface area contributed by atoms with Gasteiger partial charge in [0.15, 0.2) is 0 Å². The van der Waals surface area contributed by atoms with Crippen molar-refractivity contribution in [3.8, 4) is 0 Å². The summed E-state index contributed by atoms with van der Waals surface area (Å²) in [6.07, 6.45) is 2.69. The molecule has 2 heterocycles. The van der Waals surface area contributed by atoms with Crippen molar-refractivity contribution in [2.75, 3.05) is 13.1 Å². The molecule has 58 valence electrons. The number of fused-ring (bicyclic) bond motifs is 1. The van der Waals surface area contributed by atoms with Crippen LogP contribution in [0.15, 0.2) is 0 Å². The molecule has 0 N–H and O–H groups in total. The Labute approximate surface area is 61.2 Å². The van der Waals surface area contributed by atoms with Crippen LogP contribution < -0.4 is 0 Å². The molecule has 0 aliphatic carbocycles. The predicted molar refractivity (Wildman–Crippen MR) is 38.7 cm³/mol. The second-order valence-electron chi connectivity index (χ2n) is 3.85. The van der Waals surface area contributed by atoms with Crippen molar-refractivity contribution in [2.45, 2.75) is 37.9 Å². The highest BCUT2D eigenvalue weighted by Gasteiger charge is 2.44. The average molecular weight is 143 g/mol. The molecule has 2 aliphatic heterocycles. The molecule has 2 heteroatoms. The third-order valence-corrected chi connectivity index (χ3v) is 2.99. The first-order chi connectivity index (χ1) is 4.71. The second-order valence-corrected chi connectivity index (χ2v) is 3.85. The van der Waals surface area contributed by atoms with Crippen LogP contribution in [-0.2, 0) is 0 Å². The maximum atomic E-state index is 12.8. The van der Waals surface area contributed by atoms with E-state index in [0.29, 0.717) is 6.54 Å². The van der Waals surface area contributed by atoms with Crippen molar-refractivity contribution in [1.29, 1.82) is 0 Å². The summed E-state index contributed by atoms with van der Waals surface area (Å²) in [5.41, 5.74) is 0.236. The van der Waals surface area contributed by atoms with Gasteiger partial charge in [-0.25, -0.2) is 4.39 Å². The van der Waals surface area contributed by atoms with Crippen molar-refractivity contribution in [3.63, 3.8) is 0 Å². The molecule has 0 amide bonds. The largest absolute Gasteiger partial charge is 0.295 e. The summed E-state index contributed by atoms with van der Waals surface area (Å²) in [6.45, 7) is 4.01. The monoisotopic (exact) mass is 143 g/mol. The molecule has 0 radical (unpaired) electrons.